The second-order valence-corrected chi connectivity index (χ2v) is 11.5. The zero-order valence-corrected chi connectivity index (χ0v) is 21.2. The van der Waals surface area contributed by atoms with Gasteiger partial charge in [0, 0.05) is 5.92 Å². The molecule has 37 heavy (non-hydrogen) atoms. The summed E-state index contributed by atoms with van der Waals surface area (Å²) >= 11 is 0. The number of methoxy groups -OCH3 is 1. The molecule has 0 unspecified atom stereocenters. The Morgan fingerprint density at radius 1 is 0.757 bits per heavy atom. The minimum absolute atomic E-state index is 0.0335. The Morgan fingerprint density at radius 2 is 1.30 bits per heavy atom. The molecule has 6 heteroatoms. The van der Waals surface area contributed by atoms with Gasteiger partial charge in [-0.05, 0) is 53.3 Å². The van der Waals surface area contributed by atoms with Crippen molar-refractivity contribution in [3.05, 3.63) is 132 Å². The Hall–Kier alpha value is -3.90. The summed E-state index contributed by atoms with van der Waals surface area (Å²) in [6.45, 7) is 0. The smallest absolute Gasteiger partial charge is 0.267 e. The number of hydrogen-bond donors (Lipinski definition) is 0. The summed E-state index contributed by atoms with van der Waals surface area (Å²) in [5.74, 6) is -0.492. The second kappa shape index (κ2) is 8.89. The van der Waals surface area contributed by atoms with Gasteiger partial charge >= 0.3 is 0 Å². The summed E-state index contributed by atoms with van der Waals surface area (Å²) in [6, 6.07) is 36.0. The molecule has 0 radical (unpaired) electrons. The van der Waals surface area contributed by atoms with Crippen LogP contribution in [0.2, 0.25) is 0 Å². The van der Waals surface area contributed by atoms with Crippen LogP contribution in [0, 0.1) is 5.92 Å². The molecule has 2 fully saturated rings. The second-order valence-electron chi connectivity index (χ2n) is 9.71. The van der Waals surface area contributed by atoms with Gasteiger partial charge in [-0.3, -0.25) is 4.79 Å². The molecule has 1 saturated heterocycles. The lowest BCUT2D eigenvalue weighted by molar-refractivity contribution is -0.156. The first-order valence-corrected chi connectivity index (χ1v) is 13.8. The van der Waals surface area contributed by atoms with Crippen LogP contribution in [0.3, 0.4) is 0 Å². The highest BCUT2D eigenvalue weighted by atomic mass is 32.2. The Kier molecular flexibility index (Phi) is 5.64. The molecule has 6 rings (SSSR count). The quantitative estimate of drug-likeness (QED) is 0.313. The van der Waals surface area contributed by atoms with Crippen molar-refractivity contribution < 1.29 is 17.9 Å². The molecular weight excluding hydrogens is 482 g/mol. The number of benzene rings is 4. The van der Waals surface area contributed by atoms with E-state index in [9.17, 15) is 13.2 Å². The van der Waals surface area contributed by atoms with Crippen molar-refractivity contribution in [1.29, 1.82) is 0 Å². The van der Waals surface area contributed by atoms with Gasteiger partial charge in [0.25, 0.3) is 10.0 Å². The predicted molar refractivity (Wildman–Crippen MR) is 142 cm³/mol. The van der Waals surface area contributed by atoms with Crippen molar-refractivity contribution in [1.82, 2.24) is 4.31 Å². The van der Waals surface area contributed by atoms with Crippen LogP contribution >= 0.6 is 0 Å². The Labute approximate surface area is 217 Å². The number of nitrogens with zero attached hydrogens (tertiary/aromatic N) is 1. The van der Waals surface area contributed by atoms with Crippen LogP contribution in [-0.2, 0) is 20.4 Å². The number of fused-ring (bicyclic) bond motifs is 1. The van der Waals surface area contributed by atoms with Crippen molar-refractivity contribution in [3.8, 4) is 5.75 Å². The van der Waals surface area contributed by atoms with Crippen LogP contribution < -0.4 is 4.74 Å². The highest BCUT2D eigenvalue weighted by molar-refractivity contribution is 7.89. The fourth-order valence-corrected chi connectivity index (χ4v) is 8.16. The summed E-state index contributed by atoms with van der Waals surface area (Å²) < 4.78 is 34.6. The molecule has 0 aromatic heterocycles. The predicted octanol–water partition coefficient (Wildman–Crippen LogP) is 5.71. The van der Waals surface area contributed by atoms with Crippen LogP contribution in [0.25, 0.3) is 0 Å². The average Bonchev–Trinajstić information content (AvgIpc) is 3.26. The van der Waals surface area contributed by atoms with E-state index in [1.54, 1.807) is 12.1 Å². The third-order valence-corrected chi connectivity index (χ3v) is 9.80. The van der Waals surface area contributed by atoms with Crippen molar-refractivity contribution in [2.45, 2.75) is 28.7 Å². The van der Waals surface area contributed by atoms with Gasteiger partial charge in [-0.1, -0.05) is 91.0 Å². The first-order chi connectivity index (χ1) is 18.0. The molecule has 1 heterocycles. The SMILES string of the molecule is COc1ccc(S(=O)(=O)N2C(=O)[C@@H]3[C@@H](c4ccccc4)[C@@H](c4ccccc4)C[C@@]32c2ccccc2)cc1. The van der Waals surface area contributed by atoms with Gasteiger partial charge in [-0.15, -0.1) is 0 Å². The first kappa shape index (κ1) is 23.5. The van der Waals surface area contributed by atoms with Crippen molar-refractivity contribution in [3.63, 3.8) is 0 Å². The third-order valence-electron chi connectivity index (χ3n) is 7.95. The van der Waals surface area contributed by atoms with Crippen LogP contribution in [0.15, 0.2) is 120 Å². The van der Waals surface area contributed by atoms with E-state index in [0.717, 1.165) is 16.7 Å². The fourth-order valence-electron chi connectivity index (χ4n) is 6.40. The van der Waals surface area contributed by atoms with Crippen molar-refractivity contribution in [2.75, 3.05) is 7.11 Å². The van der Waals surface area contributed by atoms with Gasteiger partial charge in [0.15, 0.2) is 0 Å². The van der Waals surface area contributed by atoms with E-state index in [0.29, 0.717) is 12.2 Å². The van der Waals surface area contributed by atoms with Gasteiger partial charge in [-0.2, -0.15) is 0 Å². The highest BCUT2D eigenvalue weighted by Gasteiger charge is 2.73. The molecule has 0 N–H and O–H groups in total. The largest absolute Gasteiger partial charge is 0.497 e. The maximum absolute atomic E-state index is 14.1. The standard InChI is InChI=1S/C31H27NO4S/c1-36-25-17-19-26(20-18-25)37(34,35)32-30(33)29-28(23-13-7-3-8-14-23)27(22-11-5-2-6-12-22)21-31(29,32)24-15-9-4-10-16-24/h2-20,27-29H,21H2,1H3/t27-,28+,29+,31-/m1/s1. The molecule has 5 nitrogen and oxygen atoms in total. The van der Waals surface area contributed by atoms with Crippen LogP contribution in [-0.4, -0.2) is 25.7 Å². The number of β-lactam (4-membered cyclic amide) rings is 1. The molecule has 2 aliphatic rings. The third kappa shape index (κ3) is 3.50. The molecule has 1 amide bonds. The molecule has 1 saturated carbocycles. The molecule has 0 bridgehead atoms. The summed E-state index contributed by atoms with van der Waals surface area (Å²) in [5.41, 5.74) is 2.01. The maximum atomic E-state index is 14.1. The number of carbonyl (C=O) groups excluding carboxylic acids is 1. The fraction of sp³-hybridized carbons (Fsp3) is 0.194. The van der Waals surface area contributed by atoms with Crippen molar-refractivity contribution >= 4 is 15.9 Å². The Bertz CT molecular complexity index is 1520. The lowest BCUT2D eigenvalue weighted by Crippen LogP contribution is -2.68. The van der Waals surface area contributed by atoms with Gasteiger partial charge in [0.2, 0.25) is 5.91 Å². The summed E-state index contributed by atoms with van der Waals surface area (Å²) in [4.78, 5) is 14.1. The van der Waals surface area contributed by atoms with Crippen LogP contribution in [0.5, 0.6) is 5.75 Å². The number of sulfonamides is 1. The molecule has 4 aromatic rings. The molecule has 1 aliphatic carbocycles. The zero-order chi connectivity index (χ0) is 25.6. The number of hydrogen-bond acceptors (Lipinski definition) is 4. The lowest BCUT2D eigenvalue weighted by atomic mass is 9.69. The normalized spacial score (nSPS) is 24.8. The van der Waals surface area contributed by atoms with E-state index in [4.69, 9.17) is 4.74 Å². The number of carbonyl (C=O) groups is 1. The molecule has 1 aliphatic heterocycles. The topological polar surface area (TPSA) is 63.7 Å². The first-order valence-electron chi connectivity index (χ1n) is 12.4. The van der Waals surface area contributed by atoms with Crippen LogP contribution in [0.4, 0.5) is 0 Å². The summed E-state index contributed by atoms with van der Waals surface area (Å²) in [7, 11) is -2.59. The van der Waals surface area contributed by atoms with Gasteiger partial charge in [-0.25, -0.2) is 12.7 Å². The van der Waals surface area contributed by atoms with Gasteiger partial charge in [0.1, 0.15) is 5.75 Å². The molecular formula is C31H27NO4S. The van der Waals surface area contributed by atoms with E-state index >= 15 is 0 Å². The molecule has 4 aromatic carbocycles. The lowest BCUT2D eigenvalue weighted by Gasteiger charge is -2.54. The minimum Gasteiger partial charge on any atom is -0.497 e. The highest BCUT2D eigenvalue weighted by Crippen LogP contribution is 2.67. The van der Waals surface area contributed by atoms with E-state index < -0.39 is 21.5 Å². The zero-order valence-electron chi connectivity index (χ0n) is 20.4. The molecule has 0 spiro atoms. The minimum atomic E-state index is -4.12. The van der Waals surface area contributed by atoms with E-state index in [2.05, 4.69) is 24.3 Å². The molecule has 4 atom stereocenters. The van der Waals surface area contributed by atoms with Crippen molar-refractivity contribution in [2.24, 2.45) is 5.92 Å². The Balaban J connectivity index is 1.55. The molecule has 186 valence electrons. The van der Waals surface area contributed by atoms with Crippen LogP contribution in [0.1, 0.15) is 34.9 Å². The summed E-state index contributed by atoms with van der Waals surface area (Å²) in [6.07, 6.45) is 0.506. The number of rotatable bonds is 6. The Morgan fingerprint density at radius 3 is 1.86 bits per heavy atom. The van der Waals surface area contributed by atoms with E-state index in [1.807, 2.05) is 66.7 Å². The maximum Gasteiger partial charge on any atom is 0.267 e. The average molecular weight is 510 g/mol. The number of amides is 1. The van der Waals surface area contributed by atoms with E-state index in [-0.39, 0.29) is 22.6 Å². The van der Waals surface area contributed by atoms with E-state index in [1.165, 1.54) is 23.5 Å². The number of ether oxygens (including phenoxy) is 1. The van der Waals surface area contributed by atoms with Gasteiger partial charge in [0.05, 0.1) is 23.5 Å². The summed E-state index contributed by atoms with van der Waals surface area (Å²) in [5, 5.41) is 0. The van der Waals surface area contributed by atoms with Gasteiger partial charge < -0.3 is 4.74 Å². The monoisotopic (exact) mass is 509 g/mol.